The van der Waals surface area contributed by atoms with Crippen molar-refractivity contribution in [1.29, 1.82) is 0 Å². The molecule has 0 aromatic carbocycles. The average Bonchev–Trinajstić information content (AvgIpc) is 2.24. The molecule has 0 saturated carbocycles. The molecule has 1 aromatic heterocycles. The van der Waals surface area contributed by atoms with E-state index in [0.717, 1.165) is 17.6 Å². The second-order valence-electron chi connectivity index (χ2n) is 3.06. The van der Waals surface area contributed by atoms with Crippen molar-refractivity contribution in [3.05, 3.63) is 11.6 Å². The first kappa shape index (κ1) is 11.4. The summed E-state index contributed by atoms with van der Waals surface area (Å²) in [5, 5.41) is 9.50. The van der Waals surface area contributed by atoms with Gasteiger partial charge >= 0.3 is 0 Å². The Balaban J connectivity index is 3.04. The summed E-state index contributed by atoms with van der Waals surface area (Å²) in [7, 11) is 1.49. The van der Waals surface area contributed by atoms with Gasteiger partial charge in [0.1, 0.15) is 0 Å². The fraction of sp³-hybridized carbons (Fsp3) is 0.556. The van der Waals surface area contributed by atoms with Crippen molar-refractivity contribution in [2.24, 2.45) is 4.99 Å². The molecule has 0 bridgehead atoms. The van der Waals surface area contributed by atoms with E-state index in [1.54, 1.807) is 0 Å². The van der Waals surface area contributed by atoms with E-state index in [2.05, 4.69) is 16.9 Å². The molecule has 0 atom stereocenters. The van der Waals surface area contributed by atoms with Gasteiger partial charge in [-0.15, -0.1) is 4.73 Å². The van der Waals surface area contributed by atoms with Crippen LogP contribution in [-0.4, -0.2) is 28.6 Å². The number of hydrogen-bond donors (Lipinski definition) is 2. The van der Waals surface area contributed by atoms with Crippen molar-refractivity contribution in [3.8, 4) is 5.88 Å². The van der Waals surface area contributed by atoms with E-state index < -0.39 is 0 Å². The third-order valence-electron chi connectivity index (χ3n) is 1.91. The van der Waals surface area contributed by atoms with Gasteiger partial charge in [0.25, 0.3) is 0 Å². The van der Waals surface area contributed by atoms with E-state index in [0.29, 0.717) is 17.9 Å². The first-order chi connectivity index (χ1) is 7.19. The van der Waals surface area contributed by atoms with Crippen LogP contribution in [0.3, 0.4) is 0 Å². The molecule has 0 aliphatic heterocycles. The van der Waals surface area contributed by atoms with Crippen LogP contribution in [0.25, 0.3) is 0 Å². The number of rotatable bonds is 4. The van der Waals surface area contributed by atoms with Crippen LogP contribution >= 0.6 is 0 Å². The molecular formula is C9H16N4O2. The van der Waals surface area contributed by atoms with Crippen molar-refractivity contribution < 1.29 is 9.94 Å². The van der Waals surface area contributed by atoms with E-state index in [-0.39, 0.29) is 5.95 Å². The molecule has 0 aliphatic rings. The zero-order valence-corrected chi connectivity index (χ0v) is 8.97. The number of unbranched alkanes of at least 4 members (excludes halogenated alkanes) is 1. The van der Waals surface area contributed by atoms with Crippen LogP contribution in [-0.2, 0) is 0 Å². The van der Waals surface area contributed by atoms with Gasteiger partial charge in [-0.2, -0.15) is 4.98 Å². The summed E-state index contributed by atoms with van der Waals surface area (Å²) < 4.78 is 5.67. The lowest BCUT2D eigenvalue weighted by molar-refractivity contribution is 0.173. The number of nitrogen functional groups attached to an aromatic ring is 1. The zero-order chi connectivity index (χ0) is 11.3. The largest absolute Gasteiger partial charge is 0.481 e. The molecule has 0 fully saturated rings. The number of ether oxygens (including phenoxy) is 1. The fourth-order valence-electron chi connectivity index (χ4n) is 1.05. The summed E-state index contributed by atoms with van der Waals surface area (Å²) in [6.45, 7) is 2.72. The van der Waals surface area contributed by atoms with Gasteiger partial charge in [0, 0.05) is 12.6 Å². The van der Waals surface area contributed by atoms with Gasteiger partial charge in [-0.05, 0) is 6.42 Å². The maximum atomic E-state index is 9.50. The highest BCUT2D eigenvalue weighted by atomic mass is 16.5. The SMILES string of the molecule is CCCCN=c1cc(OC)nc(N)n1O. The molecule has 0 saturated heterocycles. The number of methoxy groups -OCH3 is 1. The van der Waals surface area contributed by atoms with Crippen molar-refractivity contribution in [1.82, 2.24) is 9.71 Å². The Morgan fingerprint density at radius 1 is 1.67 bits per heavy atom. The minimum absolute atomic E-state index is 0.0374. The first-order valence-electron chi connectivity index (χ1n) is 4.82. The van der Waals surface area contributed by atoms with Gasteiger partial charge in [-0.1, -0.05) is 13.3 Å². The highest BCUT2D eigenvalue weighted by Gasteiger charge is 2.02. The molecule has 6 heteroatoms. The molecule has 0 radical (unpaired) electrons. The summed E-state index contributed by atoms with van der Waals surface area (Å²) in [5.74, 6) is 0.303. The van der Waals surface area contributed by atoms with E-state index >= 15 is 0 Å². The fourth-order valence-corrected chi connectivity index (χ4v) is 1.05. The highest BCUT2D eigenvalue weighted by Crippen LogP contribution is 2.02. The topological polar surface area (TPSA) is 85.7 Å². The summed E-state index contributed by atoms with van der Waals surface area (Å²) in [6, 6.07) is 1.53. The second kappa shape index (κ2) is 5.23. The minimum atomic E-state index is -0.0374. The molecule has 0 unspecified atom stereocenters. The Labute approximate surface area is 88.0 Å². The third-order valence-corrected chi connectivity index (χ3v) is 1.91. The number of nitrogens with two attached hydrogens (primary N) is 1. The van der Waals surface area contributed by atoms with Gasteiger partial charge in [-0.25, -0.2) is 0 Å². The van der Waals surface area contributed by atoms with Crippen LogP contribution < -0.4 is 16.0 Å². The van der Waals surface area contributed by atoms with Crippen LogP contribution in [0.4, 0.5) is 5.95 Å². The standard InChI is InChI=1S/C9H16N4O2/c1-3-4-5-11-7-6-8(15-2)12-9(10)13(7)14/h6,14H,3-5H2,1-2H3,(H2,10,12). The number of aromatic nitrogens is 2. The van der Waals surface area contributed by atoms with E-state index in [1.807, 2.05) is 0 Å². The molecule has 3 N–H and O–H groups in total. The van der Waals surface area contributed by atoms with Crippen molar-refractivity contribution in [2.75, 3.05) is 19.4 Å². The van der Waals surface area contributed by atoms with Gasteiger partial charge in [0.05, 0.1) is 7.11 Å². The number of hydrogen-bond acceptors (Lipinski definition) is 5. The average molecular weight is 212 g/mol. The molecule has 0 amide bonds. The van der Waals surface area contributed by atoms with Crippen LogP contribution in [0.1, 0.15) is 19.8 Å². The molecule has 1 rings (SSSR count). The molecule has 15 heavy (non-hydrogen) atoms. The zero-order valence-electron chi connectivity index (χ0n) is 8.97. The molecule has 0 aliphatic carbocycles. The second-order valence-corrected chi connectivity index (χ2v) is 3.06. The van der Waals surface area contributed by atoms with Gasteiger partial charge in [0.15, 0.2) is 5.49 Å². The lowest BCUT2D eigenvalue weighted by atomic mass is 10.3. The van der Waals surface area contributed by atoms with Crippen LogP contribution in [0, 0.1) is 0 Å². The lowest BCUT2D eigenvalue weighted by Gasteiger charge is -2.04. The molecule has 0 spiro atoms. The predicted octanol–water partition coefficient (Wildman–Crippen LogP) is 0.412. The molecule has 1 aromatic rings. The van der Waals surface area contributed by atoms with Crippen molar-refractivity contribution in [3.63, 3.8) is 0 Å². The minimum Gasteiger partial charge on any atom is -0.481 e. The summed E-state index contributed by atoms with van der Waals surface area (Å²) in [4.78, 5) is 7.97. The Morgan fingerprint density at radius 2 is 2.40 bits per heavy atom. The summed E-state index contributed by atoms with van der Waals surface area (Å²) >= 11 is 0. The third kappa shape index (κ3) is 2.87. The number of anilines is 1. The number of nitrogens with zero attached hydrogens (tertiary/aromatic N) is 3. The van der Waals surface area contributed by atoms with Gasteiger partial charge in [-0.3, -0.25) is 4.99 Å². The van der Waals surface area contributed by atoms with Crippen LogP contribution in [0.2, 0.25) is 0 Å². The van der Waals surface area contributed by atoms with Gasteiger partial charge in [0.2, 0.25) is 11.8 Å². The normalized spacial score (nSPS) is 11.7. The highest BCUT2D eigenvalue weighted by molar-refractivity contribution is 5.21. The van der Waals surface area contributed by atoms with Crippen LogP contribution in [0.5, 0.6) is 5.88 Å². The quantitative estimate of drug-likeness (QED) is 0.559. The van der Waals surface area contributed by atoms with Crippen LogP contribution in [0.15, 0.2) is 11.1 Å². The van der Waals surface area contributed by atoms with E-state index in [4.69, 9.17) is 10.5 Å². The maximum Gasteiger partial charge on any atom is 0.239 e. The molecule has 84 valence electrons. The Kier molecular flexibility index (Phi) is 3.96. The predicted molar refractivity (Wildman–Crippen MR) is 55.7 cm³/mol. The Bertz CT molecular complexity index is 386. The maximum absolute atomic E-state index is 9.50. The Hall–Kier alpha value is -1.72. The van der Waals surface area contributed by atoms with E-state index in [9.17, 15) is 5.21 Å². The smallest absolute Gasteiger partial charge is 0.239 e. The van der Waals surface area contributed by atoms with Crippen molar-refractivity contribution >= 4 is 5.95 Å². The first-order valence-corrected chi connectivity index (χ1v) is 4.82. The molecular weight excluding hydrogens is 196 g/mol. The lowest BCUT2D eigenvalue weighted by Crippen LogP contribution is -2.23. The molecule has 1 heterocycles. The Morgan fingerprint density at radius 3 is 3.00 bits per heavy atom. The summed E-state index contributed by atoms with van der Waals surface area (Å²) in [5.41, 5.74) is 5.82. The van der Waals surface area contributed by atoms with E-state index in [1.165, 1.54) is 13.2 Å². The summed E-state index contributed by atoms with van der Waals surface area (Å²) in [6.07, 6.45) is 2.01. The monoisotopic (exact) mass is 212 g/mol. The molecule has 6 nitrogen and oxygen atoms in total. The van der Waals surface area contributed by atoms with Gasteiger partial charge < -0.3 is 15.7 Å². The van der Waals surface area contributed by atoms with Crippen molar-refractivity contribution in [2.45, 2.75) is 19.8 Å².